The van der Waals surface area contributed by atoms with Crippen LogP contribution in [0.4, 0.5) is 18.9 Å². The molecule has 0 saturated heterocycles. The molecule has 0 aliphatic carbocycles. The first-order valence-corrected chi connectivity index (χ1v) is 11.7. The molecule has 4 aromatic rings. The van der Waals surface area contributed by atoms with Gasteiger partial charge in [0.1, 0.15) is 17.2 Å². The number of rotatable bonds is 8. The molecule has 12 heteroatoms. The fourth-order valence-electron chi connectivity index (χ4n) is 3.52. The van der Waals surface area contributed by atoms with E-state index in [-0.39, 0.29) is 24.3 Å². The SMILES string of the molecule is CCn1ncc2ncc(CCc3c(F)ccc(NS(=O)(=O)c4cc(F)cnc4OC)c3F)cc21. The summed E-state index contributed by atoms with van der Waals surface area (Å²) >= 11 is 0. The number of methoxy groups -OCH3 is 1. The van der Waals surface area contributed by atoms with Crippen molar-refractivity contribution in [3.63, 3.8) is 0 Å². The van der Waals surface area contributed by atoms with Gasteiger partial charge in [-0.3, -0.25) is 14.4 Å². The molecule has 1 N–H and O–H groups in total. The second kappa shape index (κ2) is 9.29. The number of nitrogens with one attached hydrogen (secondary N) is 1. The van der Waals surface area contributed by atoms with E-state index in [1.54, 1.807) is 17.1 Å². The van der Waals surface area contributed by atoms with Crippen LogP contribution in [0, 0.1) is 17.5 Å². The molecular weight excluding hydrogens is 471 g/mol. The molecule has 0 fully saturated rings. The third kappa shape index (κ3) is 4.53. The topological polar surface area (TPSA) is 99.0 Å². The Kier molecular flexibility index (Phi) is 6.42. The van der Waals surface area contributed by atoms with E-state index in [9.17, 15) is 17.2 Å². The number of hydrogen-bond acceptors (Lipinski definition) is 6. The molecule has 0 unspecified atom stereocenters. The number of sulfonamides is 1. The molecule has 4 rings (SSSR count). The molecule has 1 aromatic carbocycles. The predicted octanol–water partition coefficient (Wildman–Crippen LogP) is 3.86. The van der Waals surface area contributed by atoms with E-state index in [0.29, 0.717) is 18.1 Å². The lowest BCUT2D eigenvalue weighted by molar-refractivity contribution is 0.382. The largest absolute Gasteiger partial charge is 0.480 e. The van der Waals surface area contributed by atoms with Crippen LogP contribution >= 0.6 is 0 Å². The zero-order chi connectivity index (χ0) is 24.5. The summed E-state index contributed by atoms with van der Waals surface area (Å²) in [6.07, 6.45) is 4.24. The van der Waals surface area contributed by atoms with Crippen molar-refractivity contribution in [2.45, 2.75) is 31.2 Å². The molecule has 0 amide bonds. The highest BCUT2D eigenvalue weighted by molar-refractivity contribution is 7.92. The number of halogens is 3. The quantitative estimate of drug-likeness (QED) is 0.402. The van der Waals surface area contributed by atoms with Gasteiger partial charge in [-0.2, -0.15) is 5.10 Å². The van der Waals surface area contributed by atoms with Crippen LogP contribution in [0.15, 0.2) is 47.8 Å². The summed E-state index contributed by atoms with van der Waals surface area (Å²) in [6.45, 7) is 2.58. The minimum absolute atomic E-state index is 0.0501. The van der Waals surface area contributed by atoms with Crippen LogP contribution in [0.2, 0.25) is 0 Å². The summed E-state index contributed by atoms with van der Waals surface area (Å²) in [4.78, 5) is 7.27. The highest BCUT2D eigenvalue weighted by Crippen LogP contribution is 2.28. The summed E-state index contributed by atoms with van der Waals surface area (Å²) in [6, 6.07) is 4.47. The maximum atomic E-state index is 15.1. The van der Waals surface area contributed by atoms with Crippen LogP contribution in [0.3, 0.4) is 0 Å². The summed E-state index contributed by atoms with van der Waals surface area (Å²) in [5.41, 5.74) is 1.47. The number of anilines is 1. The highest BCUT2D eigenvalue weighted by Gasteiger charge is 2.24. The number of hydrogen-bond donors (Lipinski definition) is 1. The standard InChI is InChI=1S/C22H20F3N5O3S/c1-3-30-19-8-13(10-26-18(19)12-28-30)4-5-15-16(24)6-7-17(21(15)25)29-34(31,32)20-9-14(23)11-27-22(20)33-2/h6-12,29H,3-5H2,1-2H3. The van der Waals surface area contributed by atoms with Gasteiger partial charge in [-0.1, -0.05) is 0 Å². The van der Waals surface area contributed by atoms with Gasteiger partial charge in [-0.15, -0.1) is 0 Å². The van der Waals surface area contributed by atoms with Gasteiger partial charge in [0.15, 0.2) is 10.7 Å². The monoisotopic (exact) mass is 491 g/mol. The van der Waals surface area contributed by atoms with Gasteiger partial charge in [0.2, 0.25) is 5.88 Å². The van der Waals surface area contributed by atoms with E-state index >= 15 is 4.39 Å². The molecule has 0 bridgehead atoms. The van der Waals surface area contributed by atoms with Crippen LogP contribution in [0.1, 0.15) is 18.1 Å². The van der Waals surface area contributed by atoms with Crippen LogP contribution in [0.25, 0.3) is 11.0 Å². The lowest BCUT2D eigenvalue weighted by Crippen LogP contribution is -2.17. The van der Waals surface area contributed by atoms with Crippen molar-refractivity contribution in [1.82, 2.24) is 19.7 Å². The zero-order valence-corrected chi connectivity index (χ0v) is 19.0. The maximum Gasteiger partial charge on any atom is 0.267 e. The summed E-state index contributed by atoms with van der Waals surface area (Å²) in [5, 5.41) is 4.22. The fraction of sp³-hybridized carbons (Fsp3) is 0.227. The van der Waals surface area contributed by atoms with Crippen molar-refractivity contribution < 1.29 is 26.3 Å². The van der Waals surface area contributed by atoms with Gasteiger partial charge in [0.25, 0.3) is 10.0 Å². The Hall–Kier alpha value is -3.67. The van der Waals surface area contributed by atoms with Crippen LogP contribution in [-0.2, 0) is 29.4 Å². The molecule has 0 aliphatic rings. The van der Waals surface area contributed by atoms with E-state index < -0.39 is 38.1 Å². The normalized spacial score (nSPS) is 11.7. The van der Waals surface area contributed by atoms with Gasteiger partial charge in [0.05, 0.1) is 30.7 Å². The Morgan fingerprint density at radius 3 is 2.59 bits per heavy atom. The Balaban J connectivity index is 1.61. The first-order valence-electron chi connectivity index (χ1n) is 10.2. The first kappa shape index (κ1) is 23.5. The summed E-state index contributed by atoms with van der Waals surface area (Å²) in [7, 11) is -3.32. The van der Waals surface area contributed by atoms with Gasteiger partial charge in [-0.25, -0.2) is 26.6 Å². The number of pyridine rings is 2. The number of benzene rings is 1. The van der Waals surface area contributed by atoms with Gasteiger partial charge < -0.3 is 4.74 Å². The Morgan fingerprint density at radius 1 is 1.06 bits per heavy atom. The van der Waals surface area contributed by atoms with Crippen molar-refractivity contribution in [3.05, 3.63) is 71.4 Å². The number of ether oxygens (including phenoxy) is 1. The molecule has 0 atom stereocenters. The number of aryl methyl sites for hydroxylation is 2. The van der Waals surface area contributed by atoms with E-state index in [4.69, 9.17) is 4.74 Å². The van der Waals surface area contributed by atoms with Crippen molar-refractivity contribution in [1.29, 1.82) is 0 Å². The van der Waals surface area contributed by atoms with E-state index in [0.717, 1.165) is 36.5 Å². The van der Waals surface area contributed by atoms with Crippen molar-refractivity contribution in [2.75, 3.05) is 11.8 Å². The van der Waals surface area contributed by atoms with Crippen molar-refractivity contribution in [2.24, 2.45) is 0 Å². The second-order valence-corrected chi connectivity index (χ2v) is 9.01. The Labute approximate surface area is 193 Å². The molecule has 8 nitrogen and oxygen atoms in total. The first-order chi connectivity index (χ1) is 16.2. The van der Waals surface area contributed by atoms with E-state index in [1.807, 2.05) is 17.7 Å². The minimum atomic E-state index is -4.48. The molecule has 178 valence electrons. The van der Waals surface area contributed by atoms with E-state index in [1.165, 1.54) is 0 Å². The zero-order valence-electron chi connectivity index (χ0n) is 18.2. The van der Waals surface area contributed by atoms with Crippen LogP contribution in [-0.4, -0.2) is 35.3 Å². The number of fused-ring (bicyclic) bond motifs is 1. The van der Waals surface area contributed by atoms with Gasteiger partial charge in [-0.05, 0) is 43.5 Å². The summed E-state index contributed by atoms with van der Waals surface area (Å²) < 4.78 is 77.3. The molecule has 34 heavy (non-hydrogen) atoms. The predicted molar refractivity (Wildman–Crippen MR) is 119 cm³/mol. The fourth-order valence-corrected chi connectivity index (χ4v) is 4.71. The second-order valence-electron chi connectivity index (χ2n) is 7.36. The highest BCUT2D eigenvalue weighted by atomic mass is 32.2. The van der Waals surface area contributed by atoms with Crippen LogP contribution in [0.5, 0.6) is 5.88 Å². The lowest BCUT2D eigenvalue weighted by atomic mass is 10.0. The number of nitrogens with zero attached hydrogens (tertiary/aromatic N) is 4. The molecule has 3 aromatic heterocycles. The third-order valence-corrected chi connectivity index (χ3v) is 6.57. The lowest BCUT2D eigenvalue weighted by Gasteiger charge is -2.14. The third-order valence-electron chi connectivity index (χ3n) is 5.21. The molecule has 0 spiro atoms. The average molecular weight is 491 g/mol. The average Bonchev–Trinajstić information content (AvgIpc) is 3.23. The Morgan fingerprint density at radius 2 is 1.85 bits per heavy atom. The molecule has 0 radical (unpaired) electrons. The maximum absolute atomic E-state index is 15.1. The molecule has 3 heterocycles. The van der Waals surface area contributed by atoms with Crippen LogP contribution < -0.4 is 9.46 Å². The minimum Gasteiger partial charge on any atom is -0.480 e. The number of aromatic nitrogens is 4. The van der Waals surface area contributed by atoms with E-state index in [2.05, 4.69) is 15.1 Å². The summed E-state index contributed by atoms with van der Waals surface area (Å²) in [5.74, 6) is -3.18. The van der Waals surface area contributed by atoms with Crippen molar-refractivity contribution >= 4 is 26.7 Å². The Bertz CT molecular complexity index is 1470. The smallest absolute Gasteiger partial charge is 0.267 e. The molecule has 0 saturated carbocycles. The van der Waals surface area contributed by atoms with Crippen molar-refractivity contribution in [3.8, 4) is 5.88 Å². The van der Waals surface area contributed by atoms with Gasteiger partial charge >= 0.3 is 0 Å². The van der Waals surface area contributed by atoms with Gasteiger partial charge in [0, 0.05) is 24.4 Å². The molecule has 0 aliphatic heterocycles. The molecular formula is C22H20F3N5O3S.